The van der Waals surface area contributed by atoms with Gasteiger partial charge in [0.2, 0.25) is 0 Å². The third-order valence-electron chi connectivity index (χ3n) is 8.45. The van der Waals surface area contributed by atoms with Crippen LogP contribution in [0.3, 0.4) is 0 Å². The summed E-state index contributed by atoms with van der Waals surface area (Å²) in [6, 6.07) is 21.7. The third kappa shape index (κ3) is 8.04. The topological polar surface area (TPSA) is 107 Å². The van der Waals surface area contributed by atoms with Gasteiger partial charge in [0.1, 0.15) is 22.9 Å². The number of ether oxygens (including phenoxy) is 3. The van der Waals surface area contributed by atoms with Crippen LogP contribution in [0.15, 0.2) is 78.9 Å². The summed E-state index contributed by atoms with van der Waals surface area (Å²) in [7, 11) is 3.05. The fourth-order valence-corrected chi connectivity index (χ4v) is 5.34. The zero-order valence-electron chi connectivity index (χ0n) is 27.4. The molecule has 1 aliphatic rings. The second-order valence-electron chi connectivity index (χ2n) is 12.6. The number of methoxy groups -OCH3 is 2. The minimum Gasteiger partial charge on any atom is -0.494 e. The van der Waals surface area contributed by atoms with Crippen LogP contribution < -0.4 is 19.5 Å². The normalized spacial score (nSPS) is 14.3. The van der Waals surface area contributed by atoms with Gasteiger partial charge in [0.15, 0.2) is 23.1 Å². The molecule has 2 N–H and O–H groups in total. The van der Waals surface area contributed by atoms with Gasteiger partial charge in [-0.3, -0.25) is 9.59 Å². The predicted molar refractivity (Wildman–Crippen MR) is 178 cm³/mol. The first-order chi connectivity index (χ1) is 22.4. The molecule has 1 atom stereocenters. The quantitative estimate of drug-likeness (QED) is 0.134. The highest BCUT2D eigenvalue weighted by molar-refractivity contribution is 5.97. The molecule has 1 saturated carbocycles. The monoisotopic (exact) mass is 640 g/mol. The lowest BCUT2D eigenvalue weighted by Crippen LogP contribution is -2.40. The lowest BCUT2D eigenvalue weighted by atomic mass is 9.86. The minimum atomic E-state index is -1.54. The van der Waals surface area contributed by atoms with Crippen LogP contribution in [0, 0.1) is 5.82 Å². The Kier molecular flexibility index (Phi) is 10.1. The molecule has 246 valence electrons. The highest BCUT2D eigenvalue weighted by atomic mass is 19.1. The first-order valence-electron chi connectivity index (χ1n) is 15.7. The lowest BCUT2D eigenvalue weighted by molar-refractivity contribution is 0.0395. The number of carbonyl (C=O) groups is 2. The van der Waals surface area contributed by atoms with E-state index in [4.69, 9.17) is 19.2 Å². The highest BCUT2D eigenvalue weighted by Gasteiger charge is 2.34. The van der Waals surface area contributed by atoms with Crippen molar-refractivity contribution in [2.75, 3.05) is 20.8 Å². The molecule has 1 aliphatic carbocycles. The number of hydrogen-bond donors (Lipinski definition) is 2. The molecule has 1 unspecified atom stereocenters. The van der Waals surface area contributed by atoms with E-state index in [9.17, 15) is 19.1 Å². The summed E-state index contributed by atoms with van der Waals surface area (Å²) < 4.78 is 31.1. The van der Waals surface area contributed by atoms with E-state index in [0.29, 0.717) is 50.9 Å². The summed E-state index contributed by atoms with van der Waals surface area (Å²) in [5, 5.41) is 15.2. The lowest BCUT2D eigenvalue weighted by Gasteiger charge is -2.32. The minimum absolute atomic E-state index is 0.0289. The molecular formula is C38H41FN2O6. The molecule has 0 radical (unpaired) electrons. The number of benzene rings is 3. The van der Waals surface area contributed by atoms with Gasteiger partial charge in [-0.2, -0.15) is 0 Å². The molecule has 0 saturated heterocycles. The number of hydrogen-bond acceptors (Lipinski definition) is 8. The standard InChI is InChI=1S/C38H41FN2O6/c1-37(2,40-23-31(43)24-9-7-6-8-10-24)29-22-34(41-35(36(29)46-5)25-11-14-27(39)15-12-25)38(3,44)20-19-30(42)26-13-18-32(33(21-26)45-4)47-28-16-17-28/h6-15,18,21-22,28,40,44H,16-17,19-20,23H2,1-5H3. The number of nitrogens with zero attached hydrogens (tertiary/aromatic N) is 1. The highest BCUT2D eigenvalue weighted by Crippen LogP contribution is 2.41. The van der Waals surface area contributed by atoms with Crippen molar-refractivity contribution >= 4 is 11.6 Å². The van der Waals surface area contributed by atoms with E-state index >= 15 is 0 Å². The molecule has 5 rings (SSSR count). The Morgan fingerprint density at radius 3 is 2.23 bits per heavy atom. The Hall–Kier alpha value is -4.60. The van der Waals surface area contributed by atoms with E-state index in [-0.39, 0.29) is 37.1 Å². The summed E-state index contributed by atoms with van der Waals surface area (Å²) >= 11 is 0. The van der Waals surface area contributed by atoms with Crippen molar-refractivity contribution in [2.45, 2.75) is 63.7 Å². The number of halogens is 1. The van der Waals surface area contributed by atoms with Crippen molar-refractivity contribution in [3.8, 4) is 28.5 Å². The molecular weight excluding hydrogens is 599 g/mol. The SMILES string of the molecule is COc1cc(C(=O)CCC(C)(O)c2cc(C(C)(C)NCC(=O)c3ccccc3)c(OC)c(-c3ccc(F)cc3)n2)ccc1OC1CC1. The number of aromatic nitrogens is 1. The van der Waals surface area contributed by atoms with Gasteiger partial charge in [0.05, 0.1) is 32.6 Å². The van der Waals surface area contributed by atoms with Gasteiger partial charge in [0.25, 0.3) is 0 Å². The molecule has 9 heteroatoms. The van der Waals surface area contributed by atoms with E-state index in [0.717, 1.165) is 12.8 Å². The van der Waals surface area contributed by atoms with Gasteiger partial charge in [-0.1, -0.05) is 30.3 Å². The van der Waals surface area contributed by atoms with E-state index in [2.05, 4.69) is 5.32 Å². The second kappa shape index (κ2) is 14.0. The third-order valence-corrected chi connectivity index (χ3v) is 8.45. The number of Topliss-reactive ketones (excluding diaryl/α,β-unsaturated/α-hetero) is 2. The van der Waals surface area contributed by atoms with Crippen molar-refractivity contribution < 1.29 is 33.3 Å². The molecule has 0 amide bonds. The summed E-state index contributed by atoms with van der Waals surface area (Å²) in [6.45, 7) is 5.47. The van der Waals surface area contributed by atoms with Crippen LogP contribution in [-0.2, 0) is 11.1 Å². The molecule has 0 bridgehead atoms. The van der Waals surface area contributed by atoms with Crippen molar-refractivity contribution in [2.24, 2.45) is 0 Å². The van der Waals surface area contributed by atoms with Crippen LogP contribution in [0.1, 0.15) is 78.4 Å². The largest absolute Gasteiger partial charge is 0.494 e. The Balaban J connectivity index is 1.44. The Labute approximate surface area is 274 Å². The molecule has 0 aliphatic heterocycles. The fourth-order valence-electron chi connectivity index (χ4n) is 5.34. The van der Waals surface area contributed by atoms with E-state index < -0.39 is 17.0 Å². The second-order valence-corrected chi connectivity index (χ2v) is 12.6. The average molecular weight is 641 g/mol. The summed E-state index contributed by atoms with van der Waals surface area (Å²) in [5.41, 5.74) is 0.560. The first-order valence-corrected chi connectivity index (χ1v) is 15.7. The average Bonchev–Trinajstić information content (AvgIpc) is 3.90. The summed E-state index contributed by atoms with van der Waals surface area (Å²) in [5.74, 6) is 0.844. The zero-order valence-corrected chi connectivity index (χ0v) is 27.4. The van der Waals surface area contributed by atoms with Gasteiger partial charge >= 0.3 is 0 Å². The van der Waals surface area contributed by atoms with E-state index in [1.165, 1.54) is 26.4 Å². The molecule has 1 fully saturated rings. The Bertz CT molecular complexity index is 1730. The Morgan fingerprint density at radius 2 is 1.60 bits per heavy atom. The van der Waals surface area contributed by atoms with Crippen molar-refractivity contribution in [1.29, 1.82) is 0 Å². The smallest absolute Gasteiger partial charge is 0.176 e. The van der Waals surface area contributed by atoms with Crippen LogP contribution in [0.5, 0.6) is 17.2 Å². The van der Waals surface area contributed by atoms with Crippen LogP contribution in [0.25, 0.3) is 11.3 Å². The van der Waals surface area contributed by atoms with Gasteiger partial charge < -0.3 is 24.6 Å². The van der Waals surface area contributed by atoms with Crippen LogP contribution in [-0.4, -0.2) is 48.5 Å². The number of pyridine rings is 1. The fraction of sp³-hybridized carbons (Fsp3) is 0.342. The van der Waals surface area contributed by atoms with Gasteiger partial charge in [-0.05, 0) is 88.6 Å². The zero-order chi connectivity index (χ0) is 33.8. The van der Waals surface area contributed by atoms with Gasteiger partial charge in [-0.25, -0.2) is 9.37 Å². The van der Waals surface area contributed by atoms with Crippen molar-refractivity contribution in [3.63, 3.8) is 0 Å². The van der Waals surface area contributed by atoms with Gasteiger partial charge in [-0.15, -0.1) is 0 Å². The van der Waals surface area contributed by atoms with Crippen LogP contribution in [0.4, 0.5) is 4.39 Å². The number of rotatable bonds is 15. The summed E-state index contributed by atoms with van der Waals surface area (Å²) in [4.78, 5) is 31.1. The summed E-state index contributed by atoms with van der Waals surface area (Å²) in [6.07, 6.45) is 2.29. The number of ketones is 2. The van der Waals surface area contributed by atoms with Crippen molar-refractivity contribution in [3.05, 3.63) is 107 Å². The molecule has 47 heavy (non-hydrogen) atoms. The molecule has 3 aromatic carbocycles. The maximum absolute atomic E-state index is 13.9. The first kappa shape index (κ1) is 33.8. The Morgan fingerprint density at radius 1 is 0.894 bits per heavy atom. The van der Waals surface area contributed by atoms with E-state index in [1.807, 2.05) is 32.0 Å². The molecule has 1 heterocycles. The number of nitrogens with one attached hydrogen (secondary N) is 1. The number of carbonyl (C=O) groups excluding carboxylic acids is 2. The molecule has 8 nitrogen and oxygen atoms in total. The molecule has 1 aromatic heterocycles. The molecule has 0 spiro atoms. The number of aliphatic hydroxyl groups is 1. The van der Waals surface area contributed by atoms with Crippen molar-refractivity contribution in [1.82, 2.24) is 10.3 Å². The van der Waals surface area contributed by atoms with E-state index in [1.54, 1.807) is 55.5 Å². The maximum Gasteiger partial charge on any atom is 0.176 e. The van der Waals surface area contributed by atoms with Gasteiger partial charge in [0, 0.05) is 34.2 Å². The van der Waals surface area contributed by atoms with Crippen LogP contribution >= 0.6 is 0 Å². The van der Waals surface area contributed by atoms with Crippen LogP contribution in [0.2, 0.25) is 0 Å². The molecule has 4 aromatic rings. The maximum atomic E-state index is 13.9. The predicted octanol–water partition coefficient (Wildman–Crippen LogP) is 7.02.